The summed E-state index contributed by atoms with van der Waals surface area (Å²) >= 11 is 0. The third-order valence-electron chi connectivity index (χ3n) is 4.08. The van der Waals surface area contributed by atoms with Gasteiger partial charge in [-0.2, -0.15) is 0 Å². The average molecular weight is 306 g/mol. The normalized spacial score (nSPS) is 18.7. The Hall–Kier alpha value is -2.57. The molecule has 0 bridgehead atoms. The van der Waals surface area contributed by atoms with E-state index in [1.54, 1.807) is 12.1 Å². The maximum absolute atomic E-state index is 11.4. The van der Waals surface area contributed by atoms with Gasteiger partial charge in [-0.1, -0.05) is 36.1 Å². The van der Waals surface area contributed by atoms with Crippen LogP contribution in [0, 0.1) is 23.7 Å². The molecule has 1 N–H and O–H groups in total. The molecule has 116 valence electrons. The molecule has 0 amide bonds. The molecule has 0 spiro atoms. The minimum absolute atomic E-state index is 0.236. The molecule has 2 aromatic carbocycles. The first-order valence-corrected chi connectivity index (χ1v) is 7.62. The van der Waals surface area contributed by atoms with Crippen LogP contribution >= 0.6 is 0 Å². The molecule has 1 aliphatic carbocycles. The Bertz CT molecular complexity index is 748. The van der Waals surface area contributed by atoms with E-state index < -0.39 is 0 Å². The fourth-order valence-corrected chi connectivity index (χ4v) is 2.46. The van der Waals surface area contributed by atoms with E-state index in [9.17, 15) is 4.79 Å². The second kappa shape index (κ2) is 6.68. The molecule has 3 rings (SSSR count). The summed E-state index contributed by atoms with van der Waals surface area (Å²) in [5.41, 5.74) is 3.64. The van der Waals surface area contributed by atoms with E-state index in [2.05, 4.69) is 11.8 Å². The summed E-state index contributed by atoms with van der Waals surface area (Å²) in [5, 5.41) is 9.01. The summed E-state index contributed by atoms with van der Waals surface area (Å²) in [7, 11) is 1.38. The van der Waals surface area contributed by atoms with E-state index in [4.69, 9.17) is 9.84 Å². The molecule has 2 atom stereocenters. The van der Waals surface area contributed by atoms with Crippen molar-refractivity contribution in [1.82, 2.24) is 0 Å². The smallest absolute Gasteiger partial charge is 0.337 e. The fraction of sp³-hybridized carbons (Fsp3) is 0.250. The van der Waals surface area contributed by atoms with Crippen LogP contribution in [0.15, 0.2) is 48.5 Å². The predicted octanol–water partition coefficient (Wildman–Crippen LogP) is 3.12. The number of carbonyl (C=O) groups is 1. The molecule has 1 fully saturated rings. The van der Waals surface area contributed by atoms with Crippen molar-refractivity contribution in [1.29, 1.82) is 0 Å². The van der Waals surface area contributed by atoms with Crippen LogP contribution in [-0.4, -0.2) is 24.8 Å². The van der Waals surface area contributed by atoms with Gasteiger partial charge in [0.15, 0.2) is 0 Å². The van der Waals surface area contributed by atoms with Gasteiger partial charge >= 0.3 is 5.97 Å². The number of hydrogen-bond donors (Lipinski definition) is 1. The number of ether oxygens (including phenoxy) is 1. The van der Waals surface area contributed by atoms with Gasteiger partial charge in [-0.05, 0) is 47.7 Å². The first-order chi connectivity index (χ1) is 11.2. The third kappa shape index (κ3) is 3.61. The average Bonchev–Trinajstić information content (AvgIpc) is 3.38. The molecular weight excluding hydrogens is 288 g/mol. The van der Waals surface area contributed by atoms with Gasteiger partial charge in [0.05, 0.1) is 12.7 Å². The number of aliphatic hydroxyl groups is 1. The molecule has 0 radical (unpaired) electrons. The first-order valence-electron chi connectivity index (χ1n) is 7.62. The molecule has 1 aliphatic rings. The van der Waals surface area contributed by atoms with Crippen molar-refractivity contribution < 1.29 is 14.6 Å². The Labute approximate surface area is 135 Å². The van der Waals surface area contributed by atoms with E-state index >= 15 is 0 Å². The van der Waals surface area contributed by atoms with E-state index in [-0.39, 0.29) is 12.6 Å². The zero-order valence-corrected chi connectivity index (χ0v) is 13.0. The number of methoxy groups -OCH3 is 1. The van der Waals surface area contributed by atoms with Crippen molar-refractivity contribution in [3.05, 3.63) is 59.7 Å². The van der Waals surface area contributed by atoms with Crippen molar-refractivity contribution in [2.24, 2.45) is 11.8 Å². The monoisotopic (exact) mass is 306 g/mol. The molecule has 0 aromatic heterocycles. The molecular formula is C20H18O3. The zero-order chi connectivity index (χ0) is 16.2. The molecule has 1 saturated carbocycles. The lowest BCUT2D eigenvalue weighted by molar-refractivity contribution is 0.0601. The highest BCUT2D eigenvalue weighted by molar-refractivity contribution is 5.89. The van der Waals surface area contributed by atoms with Gasteiger partial charge in [0.1, 0.15) is 0 Å². The Morgan fingerprint density at radius 3 is 2.26 bits per heavy atom. The quantitative estimate of drug-likeness (QED) is 0.700. The lowest BCUT2D eigenvalue weighted by Gasteiger charge is -2.03. The van der Waals surface area contributed by atoms with Crippen molar-refractivity contribution >= 4 is 5.97 Å². The van der Waals surface area contributed by atoms with Crippen LogP contribution in [-0.2, 0) is 4.74 Å². The zero-order valence-electron chi connectivity index (χ0n) is 13.0. The topological polar surface area (TPSA) is 46.5 Å². The molecule has 0 aliphatic heterocycles. The van der Waals surface area contributed by atoms with Gasteiger partial charge < -0.3 is 9.84 Å². The summed E-state index contributed by atoms with van der Waals surface area (Å²) in [5.74, 6) is 6.75. The SMILES string of the molecule is COC(=O)c1ccc(-c2ccc(C#CC3CC3CO)cc2)cc1. The molecule has 0 saturated heterocycles. The van der Waals surface area contributed by atoms with Gasteiger partial charge in [0.25, 0.3) is 0 Å². The largest absolute Gasteiger partial charge is 0.465 e. The lowest BCUT2D eigenvalue weighted by atomic mass is 10.0. The molecule has 0 heterocycles. The summed E-state index contributed by atoms with van der Waals surface area (Å²) < 4.78 is 4.69. The minimum atomic E-state index is -0.330. The summed E-state index contributed by atoms with van der Waals surface area (Å²) in [6, 6.07) is 15.4. The van der Waals surface area contributed by atoms with Gasteiger partial charge in [-0.3, -0.25) is 0 Å². The van der Waals surface area contributed by atoms with Crippen LogP contribution in [0.5, 0.6) is 0 Å². The van der Waals surface area contributed by atoms with Crippen molar-refractivity contribution in [2.45, 2.75) is 6.42 Å². The summed E-state index contributed by atoms with van der Waals surface area (Å²) in [6.07, 6.45) is 1.01. The Kier molecular flexibility index (Phi) is 4.45. The van der Waals surface area contributed by atoms with Gasteiger partial charge in [-0.25, -0.2) is 4.79 Å². The Balaban J connectivity index is 1.71. The van der Waals surface area contributed by atoms with Crippen LogP contribution in [0.1, 0.15) is 22.3 Å². The summed E-state index contributed by atoms with van der Waals surface area (Å²) in [4.78, 5) is 11.4. The van der Waals surface area contributed by atoms with Crippen LogP contribution in [0.2, 0.25) is 0 Å². The van der Waals surface area contributed by atoms with Crippen LogP contribution in [0.25, 0.3) is 11.1 Å². The Morgan fingerprint density at radius 1 is 1.13 bits per heavy atom. The van der Waals surface area contributed by atoms with Crippen molar-refractivity contribution in [3.8, 4) is 23.0 Å². The first kappa shape index (κ1) is 15.3. The Morgan fingerprint density at radius 2 is 1.74 bits per heavy atom. The minimum Gasteiger partial charge on any atom is -0.465 e. The highest BCUT2D eigenvalue weighted by atomic mass is 16.5. The second-order valence-electron chi connectivity index (χ2n) is 5.70. The molecule has 23 heavy (non-hydrogen) atoms. The number of rotatable bonds is 3. The third-order valence-corrected chi connectivity index (χ3v) is 4.08. The predicted molar refractivity (Wildman–Crippen MR) is 88.8 cm³/mol. The van der Waals surface area contributed by atoms with Crippen molar-refractivity contribution in [2.75, 3.05) is 13.7 Å². The lowest BCUT2D eigenvalue weighted by Crippen LogP contribution is -2.00. The van der Waals surface area contributed by atoms with E-state index in [0.29, 0.717) is 17.4 Å². The maximum Gasteiger partial charge on any atom is 0.337 e. The number of aliphatic hydroxyl groups excluding tert-OH is 1. The van der Waals surface area contributed by atoms with E-state index in [0.717, 1.165) is 23.1 Å². The van der Waals surface area contributed by atoms with Gasteiger partial charge in [0.2, 0.25) is 0 Å². The maximum atomic E-state index is 11.4. The van der Waals surface area contributed by atoms with Gasteiger partial charge in [-0.15, -0.1) is 0 Å². The van der Waals surface area contributed by atoms with E-state index in [1.165, 1.54) is 7.11 Å². The molecule has 2 unspecified atom stereocenters. The fourth-order valence-electron chi connectivity index (χ4n) is 2.46. The number of hydrogen-bond acceptors (Lipinski definition) is 3. The number of esters is 1. The highest BCUT2D eigenvalue weighted by Gasteiger charge is 2.34. The van der Waals surface area contributed by atoms with Crippen molar-refractivity contribution in [3.63, 3.8) is 0 Å². The second-order valence-corrected chi connectivity index (χ2v) is 5.70. The molecule has 3 heteroatoms. The number of carbonyl (C=O) groups excluding carboxylic acids is 1. The van der Waals surface area contributed by atoms with E-state index in [1.807, 2.05) is 36.4 Å². The van der Waals surface area contributed by atoms with Crippen LogP contribution in [0.4, 0.5) is 0 Å². The van der Waals surface area contributed by atoms with Crippen LogP contribution in [0.3, 0.4) is 0 Å². The molecule has 3 nitrogen and oxygen atoms in total. The molecule has 2 aromatic rings. The standard InChI is InChI=1S/C20H18O3/c1-23-20(22)17-10-8-16(9-11-17)15-5-2-14(3-6-15)4-7-18-12-19(18)13-21/h2-3,5-6,8-11,18-19,21H,12-13H2,1H3. The highest BCUT2D eigenvalue weighted by Crippen LogP contribution is 2.37. The van der Waals surface area contributed by atoms with Crippen LogP contribution < -0.4 is 0 Å². The van der Waals surface area contributed by atoms with Gasteiger partial charge in [0, 0.05) is 18.1 Å². The summed E-state index contributed by atoms with van der Waals surface area (Å²) in [6.45, 7) is 0.236. The number of benzene rings is 2.